The minimum atomic E-state index is 1.07. The van der Waals surface area contributed by atoms with E-state index in [1.165, 1.54) is 72.9 Å². The first-order valence-corrected chi connectivity index (χ1v) is 16.3. The van der Waals surface area contributed by atoms with Gasteiger partial charge in [0.05, 0.1) is 11.2 Å². The number of allylic oxidation sites excluding steroid dienone is 10. The van der Waals surface area contributed by atoms with Gasteiger partial charge in [-0.25, -0.2) is 0 Å². The van der Waals surface area contributed by atoms with Crippen LogP contribution in [0.4, 0.5) is 0 Å². The van der Waals surface area contributed by atoms with Crippen molar-refractivity contribution < 1.29 is 0 Å². The Balaban J connectivity index is 0.000000259. The van der Waals surface area contributed by atoms with Gasteiger partial charge in [0.1, 0.15) is 0 Å². The van der Waals surface area contributed by atoms with E-state index in [4.69, 9.17) is 0 Å². The molecule has 2 heteroatoms. The molecule has 2 heterocycles. The van der Waals surface area contributed by atoms with E-state index in [2.05, 4.69) is 122 Å². The summed E-state index contributed by atoms with van der Waals surface area (Å²) in [5, 5.41) is 3.91. The summed E-state index contributed by atoms with van der Waals surface area (Å²) in [5.41, 5.74) is 12.6. The second-order valence-electron chi connectivity index (χ2n) is 11.2. The van der Waals surface area contributed by atoms with E-state index in [1.807, 2.05) is 58.2 Å². The molecule has 0 radical (unpaired) electrons. The molecule has 0 amide bonds. The first kappa shape index (κ1) is 33.2. The number of aryl methyl sites for hydroxylation is 1. The fourth-order valence-corrected chi connectivity index (χ4v) is 6.15. The van der Waals surface area contributed by atoms with Crippen molar-refractivity contribution in [2.24, 2.45) is 4.99 Å². The zero-order valence-electron chi connectivity index (χ0n) is 28.2. The van der Waals surface area contributed by atoms with Crippen molar-refractivity contribution in [3.8, 4) is 5.69 Å². The van der Waals surface area contributed by atoms with E-state index in [9.17, 15) is 0 Å². The standard InChI is InChI=1S/C29H27N.C12H15N.C2H6/c1-4-11-22-21(5-2)19-29(24-14-10-9-12-23(22)24)30-27-15-8-6-7-13-25(27)26-18-20(3)16-17-28(26)30;1-4-7-12-10(2)8-5-6-9-13-11(12)3;1-2/h4-5,7,9-14,16-19H,2,6,8,15H2,1,3H3;4-9H,1-3H3;1-2H3/b11-4-;6-5+,7-4-,8-5?,9-6?,10-8+,12-10?,12-11-,13-9-,13-11?;. The van der Waals surface area contributed by atoms with E-state index in [-0.39, 0.29) is 0 Å². The highest BCUT2D eigenvalue weighted by molar-refractivity contribution is 6.02. The van der Waals surface area contributed by atoms with Crippen LogP contribution >= 0.6 is 0 Å². The lowest BCUT2D eigenvalue weighted by molar-refractivity contribution is 0.809. The van der Waals surface area contributed by atoms with Gasteiger partial charge in [-0.15, -0.1) is 0 Å². The number of nitrogens with zero attached hydrogens (tertiary/aromatic N) is 2. The molecule has 1 aromatic heterocycles. The molecule has 230 valence electrons. The van der Waals surface area contributed by atoms with Gasteiger partial charge in [0.25, 0.3) is 0 Å². The average molecular weight is 593 g/mol. The summed E-state index contributed by atoms with van der Waals surface area (Å²) < 4.78 is 2.51. The normalized spacial score (nSPS) is 18.6. The average Bonchev–Trinajstić information content (AvgIpc) is 3.18. The summed E-state index contributed by atoms with van der Waals surface area (Å²) in [6.07, 6.45) is 26.4. The van der Waals surface area contributed by atoms with Crippen LogP contribution in [-0.2, 0) is 6.42 Å². The van der Waals surface area contributed by atoms with Gasteiger partial charge in [0.2, 0.25) is 0 Å². The van der Waals surface area contributed by atoms with Crippen molar-refractivity contribution in [3.05, 3.63) is 142 Å². The zero-order valence-corrected chi connectivity index (χ0v) is 28.2. The molecule has 0 saturated heterocycles. The van der Waals surface area contributed by atoms with Crippen molar-refractivity contribution in [2.75, 3.05) is 0 Å². The van der Waals surface area contributed by atoms with Crippen LogP contribution in [0.5, 0.6) is 0 Å². The van der Waals surface area contributed by atoms with Crippen LogP contribution in [0.3, 0.4) is 0 Å². The number of hydrogen-bond acceptors (Lipinski definition) is 1. The van der Waals surface area contributed by atoms with Crippen LogP contribution in [0.15, 0.2) is 119 Å². The van der Waals surface area contributed by atoms with Crippen LogP contribution in [0.25, 0.3) is 45.6 Å². The molecule has 45 heavy (non-hydrogen) atoms. The Morgan fingerprint density at radius 3 is 2.36 bits per heavy atom. The summed E-state index contributed by atoms with van der Waals surface area (Å²) in [5.74, 6) is 0. The monoisotopic (exact) mass is 592 g/mol. The van der Waals surface area contributed by atoms with Crippen LogP contribution in [0, 0.1) is 6.92 Å². The lowest BCUT2D eigenvalue weighted by Crippen LogP contribution is -2.03. The van der Waals surface area contributed by atoms with E-state index < -0.39 is 0 Å². The molecule has 0 atom stereocenters. The van der Waals surface area contributed by atoms with Gasteiger partial charge in [0.15, 0.2) is 0 Å². The summed E-state index contributed by atoms with van der Waals surface area (Å²) in [6.45, 7) is 18.5. The third-order valence-electron chi connectivity index (χ3n) is 8.18. The molecule has 0 unspecified atom stereocenters. The van der Waals surface area contributed by atoms with Crippen LogP contribution in [-0.4, -0.2) is 10.8 Å². The quantitative estimate of drug-likeness (QED) is 0.224. The third-order valence-corrected chi connectivity index (χ3v) is 8.18. The Kier molecular flexibility index (Phi) is 11.7. The van der Waals surface area contributed by atoms with Crippen molar-refractivity contribution in [2.45, 2.75) is 67.7 Å². The van der Waals surface area contributed by atoms with Gasteiger partial charge >= 0.3 is 0 Å². The van der Waals surface area contributed by atoms with Crippen LogP contribution < -0.4 is 0 Å². The first-order chi connectivity index (χ1) is 22.0. The minimum absolute atomic E-state index is 1.07. The van der Waals surface area contributed by atoms with Gasteiger partial charge in [0, 0.05) is 33.9 Å². The van der Waals surface area contributed by atoms with Gasteiger partial charge in [-0.1, -0.05) is 111 Å². The largest absolute Gasteiger partial charge is 0.312 e. The maximum Gasteiger partial charge on any atom is 0.0543 e. The van der Waals surface area contributed by atoms with Gasteiger partial charge in [-0.2, -0.15) is 0 Å². The highest BCUT2D eigenvalue weighted by Crippen LogP contribution is 2.38. The Morgan fingerprint density at radius 2 is 1.62 bits per heavy atom. The Labute approximate surface area is 270 Å². The topological polar surface area (TPSA) is 17.3 Å². The molecule has 0 N–H and O–H groups in total. The molecule has 0 saturated carbocycles. The second-order valence-corrected chi connectivity index (χ2v) is 11.2. The Hall–Kier alpha value is -4.69. The van der Waals surface area contributed by atoms with Crippen molar-refractivity contribution >= 4 is 46.1 Å². The van der Waals surface area contributed by atoms with Gasteiger partial charge in [-0.3, -0.25) is 4.99 Å². The summed E-state index contributed by atoms with van der Waals surface area (Å²) in [4.78, 5) is 4.31. The number of rotatable bonds is 4. The zero-order chi connectivity index (χ0) is 32.3. The molecule has 6 rings (SSSR count). The molecule has 1 aliphatic carbocycles. The molecule has 2 aliphatic rings. The number of aliphatic imine (C=N–C) groups is 1. The maximum absolute atomic E-state index is 4.31. The number of aromatic nitrogens is 1. The highest BCUT2D eigenvalue weighted by atomic mass is 15.0. The number of fused-ring (bicyclic) bond motifs is 4. The smallest absolute Gasteiger partial charge is 0.0543 e. The molecular weight excluding hydrogens is 544 g/mol. The Bertz CT molecular complexity index is 1890. The predicted molar refractivity (Wildman–Crippen MR) is 203 cm³/mol. The summed E-state index contributed by atoms with van der Waals surface area (Å²) in [7, 11) is 0. The molecule has 0 bridgehead atoms. The molecule has 3 aromatic carbocycles. The minimum Gasteiger partial charge on any atom is -0.312 e. The third kappa shape index (κ3) is 7.18. The van der Waals surface area contributed by atoms with E-state index in [0.717, 1.165) is 18.5 Å². The number of hydrogen-bond donors (Lipinski definition) is 0. The number of benzene rings is 3. The Morgan fingerprint density at radius 1 is 0.867 bits per heavy atom. The van der Waals surface area contributed by atoms with Crippen LogP contribution in [0.1, 0.15) is 82.3 Å². The van der Waals surface area contributed by atoms with E-state index in [0.29, 0.717) is 0 Å². The van der Waals surface area contributed by atoms with Crippen LogP contribution in [0.2, 0.25) is 0 Å². The lowest BCUT2D eigenvalue weighted by atomic mass is 9.96. The molecule has 0 fully saturated rings. The fraction of sp³-hybridized carbons (Fsp3) is 0.233. The first-order valence-electron chi connectivity index (χ1n) is 16.3. The maximum atomic E-state index is 4.31. The molecule has 0 spiro atoms. The molecule has 4 aromatic rings. The van der Waals surface area contributed by atoms with Crippen molar-refractivity contribution in [3.63, 3.8) is 0 Å². The van der Waals surface area contributed by atoms with E-state index >= 15 is 0 Å². The molecular formula is C43H48N2. The van der Waals surface area contributed by atoms with Crippen molar-refractivity contribution in [1.29, 1.82) is 0 Å². The van der Waals surface area contributed by atoms with E-state index in [1.54, 1.807) is 0 Å². The summed E-state index contributed by atoms with van der Waals surface area (Å²) in [6, 6.07) is 17.9. The SMILES string of the molecule is C=Cc1cc(-n2c3c(c4cc(C)ccc42)C=CCCC3)c2ccccc2c1/C=C\C.CC.C\C=C/C1=C(C)/N=C\C=C\C=C\1C. The fourth-order valence-electron chi connectivity index (χ4n) is 6.15. The van der Waals surface area contributed by atoms with Gasteiger partial charge < -0.3 is 4.57 Å². The molecule has 2 nitrogen and oxygen atoms in total. The highest BCUT2D eigenvalue weighted by Gasteiger charge is 2.20. The second kappa shape index (κ2) is 15.9. The predicted octanol–water partition coefficient (Wildman–Crippen LogP) is 12.6. The van der Waals surface area contributed by atoms with Gasteiger partial charge in [-0.05, 0) is 106 Å². The molecule has 1 aliphatic heterocycles. The summed E-state index contributed by atoms with van der Waals surface area (Å²) >= 11 is 0. The lowest BCUT2D eigenvalue weighted by Gasteiger charge is -2.17. The van der Waals surface area contributed by atoms with Crippen molar-refractivity contribution in [1.82, 2.24) is 4.57 Å².